The van der Waals surface area contributed by atoms with Gasteiger partial charge in [0.1, 0.15) is 11.6 Å². The number of rotatable bonds is 1. The maximum absolute atomic E-state index is 9.89. The summed E-state index contributed by atoms with van der Waals surface area (Å²) in [4.78, 5) is 12.2. The summed E-state index contributed by atoms with van der Waals surface area (Å²) in [5.41, 5.74) is 12.7. The monoisotopic (exact) mass is 287 g/mol. The summed E-state index contributed by atoms with van der Waals surface area (Å²) in [5.74, 6) is 0.396. The summed E-state index contributed by atoms with van der Waals surface area (Å²) in [7, 11) is 0. The molecule has 0 atom stereocenters. The van der Waals surface area contributed by atoms with Crippen LogP contribution in [0.25, 0.3) is 22.3 Å². The molecule has 0 aliphatic rings. The largest absolute Gasteiger partial charge is 0.507 e. The number of nitrogens with two attached hydrogens (primary N) is 2. The third-order valence-electron chi connectivity index (χ3n) is 2.84. The van der Waals surface area contributed by atoms with E-state index in [1.807, 2.05) is 0 Å². The molecule has 0 unspecified atom stereocenters. The smallest absolute Gasteiger partial charge is 0.224 e. The molecule has 0 fully saturated rings. The van der Waals surface area contributed by atoms with Crippen molar-refractivity contribution < 1.29 is 5.11 Å². The molecule has 2 heterocycles. The lowest BCUT2D eigenvalue weighted by atomic mass is 10.1. The van der Waals surface area contributed by atoms with E-state index in [4.69, 9.17) is 23.1 Å². The highest BCUT2D eigenvalue weighted by atomic mass is 35.5. The van der Waals surface area contributed by atoms with Crippen LogP contribution in [0.5, 0.6) is 5.75 Å². The van der Waals surface area contributed by atoms with Crippen LogP contribution in [-0.4, -0.2) is 20.1 Å². The molecule has 0 radical (unpaired) electrons. The quantitative estimate of drug-likeness (QED) is 0.633. The molecule has 0 spiro atoms. The number of aromatic nitrogens is 3. The molecular weight excluding hydrogens is 278 g/mol. The molecule has 3 rings (SSSR count). The van der Waals surface area contributed by atoms with Gasteiger partial charge < -0.3 is 16.6 Å². The van der Waals surface area contributed by atoms with E-state index in [1.54, 1.807) is 24.3 Å². The highest BCUT2D eigenvalue weighted by Gasteiger charge is 2.10. The first-order valence-corrected chi connectivity index (χ1v) is 6.11. The van der Waals surface area contributed by atoms with Crippen molar-refractivity contribution in [1.29, 1.82) is 0 Å². The third kappa shape index (κ3) is 2.06. The summed E-state index contributed by atoms with van der Waals surface area (Å²) in [6, 6.07) is 8.17. The number of phenols is 1. The van der Waals surface area contributed by atoms with E-state index in [0.717, 1.165) is 0 Å². The molecule has 3 aromatic rings. The van der Waals surface area contributed by atoms with Gasteiger partial charge >= 0.3 is 0 Å². The van der Waals surface area contributed by atoms with Crippen LogP contribution in [-0.2, 0) is 0 Å². The Morgan fingerprint density at radius 3 is 2.60 bits per heavy atom. The molecule has 0 aliphatic carbocycles. The Morgan fingerprint density at radius 2 is 1.80 bits per heavy atom. The number of hydrogen-bond donors (Lipinski definition) is 3. The van der Waals surface area contributed by atoms with Crippen molar-refractivity contribution in [2.24, 2.45) is 0 Å². The topological polar surface area (TPSA) is 111 Å². The lowest BCUT2D eigenvalue weighted by Gasteiger charge is -2.07. The number of benzene rings is 1. The molecule has 6 nitrogen and oxygen atoms in total. The Kier molecular flexibility index (Phi) is 2.80. The Balaban J connectivity index is 2.25. The van der Waals surface area contributed by atoms with Crippen molar-refractivity contribution >= 4 is 34.4 Å². The fourth-order valence-corrected chi connectivity index (χ4v) is 2.09. The number of phenolic OH excluding ortho intramolecular Hbond substituents is 1. The van der Waals surface area contributed by atoms with E-state index in [-0.39, 0.29) is 17.5 Å². The van der Waals surface area contributed by atoms with Crippen LogP contribution in [0.4, 0.5) is 11.8 Å². The molecule has 0 saturated carbocycles. The molecule has 0 aliphatic heterocycles. The number of halogens is 1. The Morgan fingerprint density at radius 1 is 1.00 bits per heavy atom. The fraction of sp³-hybridized carbons (Fsp3) is 0. The van der Waals surface area contributed by atoms with Gasteiger partial charge in [0.15, 0.2) is 5.65 Å². The summed E-state index contributed by atoms with van der Waals surface area (Å²) >= 11 is 5.93. The van der Waals surface area contributed by atoms with E-state index in [0.29, 0.717) is 27.3 Å². The average Bonchev–Trinajstić information content (AvgIpc) is 2.40. The summed E-state index contributed by atoms with van der Waals surface area (Å²) in [6.07, 6.45) is 0. The van der Waals surface area contributed by atoms with Crippen LogP contribution in [0, 0.1) is 0 Å². The van der Waals surface area contributed by atoms with Gasteiger partial charge in [-0.25, -0.2) is 4.98 Å². The first kappa shape index (κ1) is 12.4. The highest BCUT2D eigenvalue weighted by molar-refractivity contribution is 6.30. The van der Waals surface area contributed by atoms with Gasteiger partial charge in [-0.15, -0.1) is 0 Å². The van der Waals surface area contributed by atoms with Crippen molar-refractivity contribution in [3.63, 3.8) is 0 Å². The molecule has 0 amide bonds. The van der Waals surface area contributed by atoms with Crippen molar-refractivity contribution in [2.45, 2.75) is 0 Å². The van der Waals surface area contributed by atoms with Gasteiger partial charge in [-0.1, -0.05) is 11.6 Å². The van der Waals surface area contributed by atoms with Gasteiger partial charge in [-0.05, 0) is 30.3 Å². The Hall–Kier alpha value is -2.60. The summed E-state index contributed by atoms with van der Waals surface area (Å²) < 4.78 is 0. The first-order valence-electron chi connectivity index (χ1n) is 5.73. The van der Waals surface area contributed by atoms with Gasteiger partial charge in [0.05, 0.1) is 11.1 Å². The van der Waals surface area contributed by atoms with Gasteiger partial charge in [0.25, 0.3) is 0 Å². The molecule has 100 valence electrons. The number of pyridine rings is 1. The normalized spacial score (nSPS) is 10.8. The maximum atomic E-state index is 9.89. The molecule has 1 aromatic carbocycles. The van der Waals surface area contributed by atoms with E-state index in [2.05, 4.69) is 15.0 Å². The SMILES string of the molecule is Nc1nc(N)c2ccc(-c3cc(Cl)ccc3O)nc2n1. The minimum Gasteiger partial charge on any atom is -0.507 e. The minimum absolute atomic E-state index is 0.0509. The number of nitrogen functional groups attached to an aromatic ring is 2. The molecule has 2 aromatic heterocycles. The molecule has 0 bridgehead atoms. The molecule has 20 heavy (non-hydrogen) atoms. The second-order valence-electron chi connectivity index (χ2n) is 4.20. The summed E-state index contributed by atoms with van der Waals surface area (Å²) in [6.45, 7) is 0. The average molecular weight is 288 g/mol. The fourth-order valence-electron chi connectivity index (χ4n) is 1.91. The van der Waals surface area contributed by atoms with Gasteiger partial charge in [0, 0.05) is 10.6 Å². The minimum atomic E-state index is 0.0509. The molecule has 7 heteroatoms. The van der Waals surface area contributed by atoms with Crippen LogP contribution in [0.1, 0.15) is 0 Å². The van der Waals surface area contributed by atoms with Crippen molar-refractivity contribution in [1.82, 2.24) is 15.0 Å². The third-order valence-corrected chi connectivity index (χ3v) is 3.08. The van der Waals surface area contributed by atoms with Gasteiger partial charge in [-0.3, -0.25) is 0 Å². The second kappa shape index (κ2) is 4.50. The predicted octanol–water partition coefficient (Wildman–Crippen LogP) is 2.22. The Bertz CT molecular complexity index is 821. The maximum Gasteiger partial charge on any atom is 0.224 e. The predicted molar refractivity (Wildman–Crippen MR) is 78.3 cm³/mol. The first-order chi connectivity index (χ1) is 9.54. The van der Waals surface area contributed by atoms with Crippen LogP contribution in [0.2, 0.25) is 5.02 Å². The van der Waals surface area contributed by atoms with Gasteiger partial charge in [-0.2, -0.15) is 9.97 Å². The van der Waals surface area contributed by atoms with E-state index in [1.165, 1.54) is 6.07 Å². The van der Waals surface area contributed by atoms with E-state index >= 15 is 0 Å². The van der Waals surface area contributed by atoms with E-state index < -0.39 is 0 Å². The van der Waals surface area contributed by atoms with Crippen LogP contribution in [0.3, 0.4) is 0 Å². The van der Waals surface area contributed by atoms with Crippen molar-refractivity contribution in [3.05, 3.63) is 35.4 Å². The zero-order valence-corrected chi connectivity index (χ0v) is 11.0. The van der Waals surface area contributed by atoms with Gasteiger partial charge in [0.2, 0.25) is 5.95 Å². The number of fused-ring (bicyclic) bond motifs is 1. The standard InChI is InChI=1S/C13H10ClN5O/c14-6-1-4-10(20)8(5-6)9-3-2-7-11(15)18-13(16)19-12(7)17-9/h1-5,20H,(H4,15,16,17,18,19). The molecule has 5 N–H and O–H groups in total. The van der Waals surface area contributed by atoms with Crippen molar-refractivity contribution in [2.75, 3.05) is 11.5 Å². The second-order valence-corrected chi connectivity index (χ2v) is 4.63. The molecule has 0 saturated heterocycles. The number of hydrogen-bond acceptors (Lipinski definition) is 6. The number of nitrogens with zero attached hydrogens (tertiary/aromatic N) is 3. The highest BCUT2D eigenvalue weighted by Crippen LogP contribution is 2.31. The zero-order chi connectivity index (χ0) is 14.3. The van der Waals surface area contributed by atoms with Crippen LogP contribution >= 0.6 is 11.6 Å². The Labute approximate surface area is 119 Å². The summed E-state index contributed by atoms with van der Waals surface area (Å²) in [5, 5.41) is 11.0. The molecular formula is C13H10ClN5O. The lowest BCUT2D eigenvalue weighted by Crippen LogP contribution is -2.01. The van der Waals surface area contributed by atoms with Crippen LogP contribution < -0.4 is 11.5 Å². The lowest BCUT2D eigenvalue weighted by molar-refractivity contribution is 0.477. The zero-order valence-electron chi connectivity index (χ0n) is 10.2. The van der Waals surface area contributed by atoms with Crippen LogP contribution in [0.15, 0.2) is 30.3 Å². The number of aromatic hydroxyl groups is 1. The van der Waals surface area contributed by atoms with Crippen molar-refractivity contribution in [3.8, 4) is 17.0 Å². The number of anilines is 2. The van der Waals surface area contributed by atoms with E-state index in [9.17, 15) is 5.11 Å².